The van der Waals surface area contributed by atoms with Crippen LogP contribution < -0.4 is 19.9 Å². The number of halogens is 1. The Hall–Kier alpha value is -2.61. The summed E-state index contributed by atoms with van der Waals surface area (Å²) in [5, 5.41) is 2.02. The SMILES string of the molecule is COc1ccc(-c2csnc2-c2cc(C)c(OC)c(OC)c2)cc1CC(=O)CC(N)C(C)C.Cl. The lowest BCUT2D eigenvalue weighted by atomic mass is 9.94. The predicted molar refractivity (Wildman–Crippen MR) is 141 cm³/mol. The topological polar surface area (TPSA) is 83.7 Å². The molecule has 6 nitrogen and oxygen atoms in total. The first-order valence-corrected chi connectivity index (χ1v) is 11.7. The average molecular weight is 505 g/mol. The van der Waals surface area contributed by atoms with Crippen LogP contribution >= 0.6 is 23.9 Å². The highest BCUT2D eigenvalue weighted by molar-refractivity contribution is 7.04. The van der Waals surface area contributed by atoms with Gasteiger partial charge >= 0.3 is 0 Å². The molecule has 0 aliphatic carbocycles. The van der Waals surface area contributed by atoms with Crippen molar-refractivity contribution in [3.05, 3.63) is 46.8 Å². The molecule has 1 heterocycles. The van der Waals surface area contributed by atoms with Crippen molar-refractivity contribution in [2.24, 2.45) is 11.7 Å². The molecule has 0 saturated heterocycles. The third-order valence-corrected chi connectivity index (χ3v) is 6.44. The number of nitrogens with zero attached hydrogens (tertiary/aromatic N) is 1. The number of ketones is 1. The average Bonchev–Trinajstić information content (AvgIpc) is 3.28. The Balaban J connectivity index is 0.00000408. The van der Waals surface area contributed by atoms with Crippen LogP contribution in [0.2, 0.25) is 0 Å². The third-order valence-electron chi connectivity index (χ3n) is 5.81. The van der Waals surface area contributed by atoms with E-state index in [1.54, 1.807) is 21.3 Å². The molecule has 0 aliphatic rings. The number of carbonyl (C=O) groups excluding carboxylic acids is 1. The number of aromatic nitrogens is 1. The van der Waals surface area contributed by atoms with Crippen LogP contribution in [0.15, 0.2) is 35.7 Å². The monoisotopic (exact) mass is 504 g/mol. The minimum absolute atomic E-state index is 0. The Labute approximate surface area is 212 Å². The molecular formula is C26H33ClN2O4S. The molecule has 0 aliphatic heterocycles. The van der Waals surface area contributed by atoms with Gasteiger partial charge in [0.15, 0.2) is 11.5 Å². The summed E-state index contributed by atoms with van der Waals surface area (Å²) < 4.78 is 21.2. The molecule has 0 spiro atoms. The van der Waals surface area contributed by atoms with Crippen LogP contribution in [0.25, 0.3) is 22.4 Å². The second-order valence-electron chi connectivity index (χ2n) is 8.46. The van der Waals surface area contributed by atoms with Gasteiger partial charge in [0.05, 0.1) is 27.0 Å². The zero-order chi connectivity index (χ0) is 24.1. The zero-order valence-corrected chi connectivity index (χ0v) is 22.1. The molecule has 3 rings (SSSR count). The van der Waals surface area contributed by atoms with Gasteiger partial charge in [-0.1, -0.05) is 19.9 Å². The number of ether oxygens (including phenoxy) is 3. The fourth-order valence-electron chi connectivity index (χ4n) is 3.81. The number of nitrogens with two attached hydrogens (primary N) is 1. The summed E-state index contributed by atoms with van der Waals surface area (Å²) in [6.45, 7) is 6.04. The molecular weight excluding hydrogens is 472 g/mol. The Kier molecular flexibility index (Phi) is 9.91. The minimum Gasteiger partial charge on any atom is -0.496 e. The van der Waals surface area contributed by atoms with E-state index in [1.807, 2.05) is 56.5 Å². The van der Waals surface area contributed by atoms with Crippen molar-refractivity contribution in [1.82, 2.24) is 4.37 Å². The van der Waals surface area contributed by atoms with Crippen molar-refractivity contribution in [1.29, 1.82) is 0 Å². The molecule has 3 aromatic rings. The van der Waals surface area contributed by atoms with E-state index < -0.39 is 0 Å². The van der Waals surface area contributed by atoms with E-state index in [-0.39, 0.29) is 36.6 Å². The van der Waals surface area contributed by atoms with Gasteiger partial charge in [0.1, 0.15) is 11.5 Å². The van der Waals surface area contributed by atoms with E-state index in [9.17, 15) is 4.79 Å². The number of hydrogen-bond acceptors (Lipinski definition) is 7. The van der Waals surface area contributed by atoms with Gasteiger partial charge in [0, 0.05) is 41.0 Å². The van der Waals surface area contributed by atoms with Gasteiger partial charge in [-0.2, -0.15) is 4.37 Å². The lowest BCUT2D eigenvalue weighted by Crippen LogP contribution is -2.29. The molecule has 0 amide bonds. The highest BCUT2D eigenvalue weighted by Gasteiger charge is 2.19. The fourth-order valence-corrected chi connectivity index (χ4v) is 4.52. The second-order valence-corrected chi connectivity index (χ2v) is 9.09. The van der Waals surface area contributed by atoms with Gasteiger partial charge < -0.3 is 19.9 Å². The van der Waals surface area contributed by atoms with Gasteiger partial charge in [-0.05, 0) is 59.8 Å². The molecule has 1 aromatic heterocycles. The largest absolute Gasteiger partial charge is 0.496 e. The first-order chi connectivity index (χ1) is 15.8. The van der Waals surface area contributed by atoms with Gasteiger partial charge in [-0.3, -0.25) is 4.79 Å². The highest BCUT2D eigenvalue weighted by Crippen LogP contribution is 2.40. The van der Waals surface area contributed by atoms with Crippen molar-refractivity contribution < 1.29 is 19.0 Å². The van der Waals surface area contributed by atoms with Crippen molar-refractivity contribution in [2.45, 2.75) is 39.7 Å². The Morgan fingerprint density at radius 2 is 1.74 bits per heavy atom. The number of Topliss-reactive ketones (excluding diaryl/α,β-unsaturated/α-hetero) is 1. The van der Waals surface area contributed by atoms with Gasteiger partial charge in [0.25, 0.3) is 0 Å². The smallest absolute Gasteiger partial charge is 0.163 e. The Morgan fingerprint density at radius 1 is 1.03 bits per heavy atom. The molecule has 2 aromatic carbocycles. The number of hydrogen-bond donors (Lipinski definition) is 1. The maximum atomic E-state index is 12.7. The van der Waals surface area contributed by atoms with Crippen LogP contribution in [0.4, 0.5) is 0 Å². The van der Waals surface area contributed by atoms with Crippen LogP contribution in [0.3, 0.4) is 0 Å². The zero-order valence-electron chi connectivity index (χ0n) is 20.5. The quantitative estimate of drug-likeness (QED) is 0.380. The van der Waals surface area contributed by atoms with Crippen LogP contribution in [0, 0.1) is 12.8 Å². The number of rotatable bonds is 10. The van der Waals surface area contributed by atoms with E-state index in [1.165, 1.54) is 11.5 Å². The molecule has 8 heteroatoms. The standard InChI is InChI=1S/C26H32N2O4S.ClH/c1-15(2)22(27)13-20(29)11-18-10-17(7-8-23(18)30-4)21-14-33-28-25(21)19-9-16(3)26(32-6)24(12-19)31-5;/h7-10,12,14-15,22H,11,13,27H2,1-6H3;1H. The van der Waals surface area contributed by atoms with Gasteiger partial charge in [-0.15, -0.1) is 12.4 Å². The molecule has 0 radical (unpaired) electrons. The van der Waals surface area contributed by atoms with E-state index in [2.05, 4.69) is 4.37 Å². The van der Waals surface area contributed by atoms with Crippen molar-refractivity contribution in [3.63, 3.8) is 0 Å². The van der Waals surface area contributed by atoms with E-state index in [0.29, 0.717) is 23.7 Å². The van der Waals surface area contributed by atoms with Gasteiger partial charge in [0.2, 0.25) is 0 Å². The highest BCUT2D eigenvalue weighted by atomic mass is 35.5. The summed E-state index contributed by atoms with van der Waals surface area (Å²) in [7, 11) is 4.88. The van der Waals surface area contributed by atoms with E-state index in [4.69, 9.17) is 19.9 Å². The summed E-state index contributed by atoms with van der Waals surface area (Å²) in [5.74, 6) is 2.42. The number of benzene rings is 2. The Bertz CT molecular complexity index is 1130. The maximum Gasteiger partial charge on any atom is 0.163 e. The molecule has 0 saturated carbocycles. The molecule has 184 valence electrons. The second kappa shape index (κ2) is 12.2. The lowest BCUT2D eigenvalue weighted by molar-refractivity contribution is -0.119. The van der Waals surface area contributed by atoms with Gasteiger partial charge in [-0.25, -0.2) is 0 Å². The number of methoxy groups -OCH3 is 3. The summed E-state index contributed by atoms with van der Waals surface area (Å²) in [4.78, 5) is 12.7. The summed E-state index contributed by atoms with van der Waals surface area (Å²) in [5.41, 5.74) is 11.7. The molecule has 2 N–H and O–H groups in total. The van der Waals surface area contributed by atoms with Crippen LogP contribution in [0.5, 0.6) is 17.2 Å². The summed E-state index contributed by atoms with van der Waals surface area (Å²) >= 11 is 1.39. The summed E-state index contributed by atoms with van der Waals surface area (Å²) in [6, 6.07) is 9.74. The van der Waals surface area contributed by atoms with Crippen LogP contribution in [0.1, 0.15) is 31.4 Å². The lowest BCUT2D eigenvalue weighted by Gasteiger charge is -2.16. The number of aryl methyl sites for hydroxylation is 1. The minimum atomic E-state index is -0.146. The fraction of sp³-hybridized carbons (Fsp3) is 0.385. The molecule has 1 unspecified atom stereocenters. The molecule has 34 heavy (non-hydrogen) atoms. The van der Waals surface area contributed by atoms with E-state index in [0.717, 1.165) is 33.5 Å². The third kappa shape index (κ3) is 6.09. The Morgan fingerprint density at radius 3 is 2.35 bits per heavy atom. The molecule has 0 fully saturated rings. The maximum absolute atomic E-state index is 12.7. The van der Waals surface area contributed by atoms with E-state index >= 15 is 0 Å². The van der Waals surface area contributed by atoms with Crippen LogP contribution in [-0.2, 0) is 11.2 Å². The first kappa shape index (κ1) is 27.6. The van der Waals surface area contributed by atoms with Crippen molar-refractivity contribution in [3.8, 4) is 39.6 Å². The predicted octanol–water partition coefficient (Wildman–Crippen LogP) is 5.72. The summed E-state index contributed by atoms with van der Waals surface area (Å²) in [6.07, 6.45) is 0.626. The normalized spacial score (nSPS) is 11.6. The van der Waals surface area contributed by atoms with Crippen molar-refractivity contribution in [2.75, 3.05) is 21.3 Å². The number of carbonyl (C=O) groups is 1. The van der Waals surface area contributed by atoms with Crippen molar-refractivity contribution >= 4 is 29.7 Å². The molecule has 0 bridgehead atoms. The first-order valence-electron chi connectivity index (χ1n) is 10.9. The molecule has 1 atom stereocenters. The van der Waals surface area contributed by atoms with Crippen LogP contribution in [-0.4, -0.2) is 37.5 Å².